The number of benzene rings is 3. The van der Waals surface area contributed by atoms with Crippen molar-refractivity contribution >= 4 is 42.5 Å². The van der Waals surface area contributed by atoms with Gasteiger partial charge in [-0.05, 0) is 51.0 Å². The first-order chi connectivity index (χ1) is 21.9. The first kappa shape index (κ1) is 29.8. The van der Waals surface area contributed by atoms with Crippen LogP contribution < -0.4 is 18.9 Å². The Balaban J connectivity index is 1.44. The van der Waals surface area contributed by atoms with Crippen LogP contribution in [-0.4, -0.2) is 58.6 Å². The monoisotopic (exact) mass is 685 g/mol. The Morgan fingerprint density at radius 3 is 2.27 bits per heavy atom. The molecule has 14 heteroatoms. The molecule has 0 saturated heterocycles. The molecule has 0 radical (unpaired) electrons. The van der Waals surface area contributed by atoms with Gasteiger partial charge >= 0.3 is 6.01 Å². The van der Waals surface area contributed by atoms with Crippen LogP contribution in [0.4, 0.5) is 5.82 Å². The molecule has 6 rings (SSSR count). The first-order valence-corrected chi connectivity index (χ1v) is 15.8. The number of fused-ring (bicyclic) bond motifs is 1. The van der Waals surface area contributed by atoms with Crippen LogP contribution in [0.5, 0.6) is 17.6 Å². The molecule has 0 spiro atoms. The van der Waals surface area contributed by atoms with Crippen LogP contribution in [0.15, 0.2) is 107 Å². The number of halogens is 1. The van der Waals surface area contributed by atoms with E-state index in [1.165, 1.54) is 25.6 Å². The van der Waals surface area contributed by atoms with Crippen molar-refractivity contribution in [3.05, 3.63) is 102 Å². The molecule has 0 saturated carbocycles. The van der Waals surface area contributed by atoms with Crippen LogP contribution in [0.25, 0.3) is 33.5 Å². The van der Waals surface area contributed by atoms with E-state index in [1.807, 2.05) is 24.3 Å². The molecule has 0 unspecified atom stereocenters. The molecule has 3 aromatic heterocycles. The summed E-state index contributed by atoms with van der Waals surface area (Å²) in [6.07, 6.45) is 6.19. The second kappa shape index (κ2) is 13.2. The molecule has 0 aliphatic heterocycles. The lowest BCUT2D eigenvalue weighted by Crippen LogP contribution is -2.17. The molecule has 12 nitrogen and oxygen atoms in total. The zero-order valence-electron chi connectivity index (χ0n) is 23.7. The topological polar surface area (TPSA) is 151 Å². The van der Waals surface area contributed by atoms with Crippen molar-refractivity contribution in [1.82, 2.24) is 29.9 Å². The molecular weight excluding hydrogens is 662 g/mol. The lowest BCUT2D eigenvalue weighted by atomic mass is 10.1. The standard InChI is InChI=1S/C31H24BrN7O5S/c1-42-25-10-5-4-9-24(25)26-27(39-45(40,41)23-12-11-20-7-2-3-8-21(20)17-23)37-29(28-33-13-6-14-34-28)38-30(26)43-15-16-44-31-35-18-22(32)19-36-31/h2-14,17-19H,15-16H2,1H3,(H,37,38,39). The normalized spacial score (nSPS) is 11.2. The molecular formula is C31H24BrN7O5S. The third-order valence-electron chi connectivity index (χ3n) is 6.43. The minimum absolute atomic E-state index is 0.00450. The molecule has 3 heterocycles. The maximum Gasteiger partial charge on any atom is 0.316 e. The predicted octanol–water partition coefficient (Wildman–Crippen LogP) is 5.57. The molecule has 226 valence electrons. The van der Waals surface area contributed by atoms with Gasteiger partial charge in [-0.15, -0.1) is 0 Å². The number of hydrogen-bond acceptors (Lipinski definition) is 11. The molecule has 45 heavy (non-hydrogen) atoms. The smallest absolute Gasteiger partial charge is 0.316 e. The number of hydrogen-bond donors (Lipinski definition) is 1. The number of rotatable bonds is 11. The van der Waals surface area contributed by atoms with E-state index in [0.29, 0.717) is 15.8 Å². The Labute approximate surface area is 266 Å². The van der Waals surface area contributed by atoms with E-state index in [4.69, 9.17) is 14.2 Å². The minimum atomic E-state index is -4.16. The van der Waals surface area contributed by atoms with E-state index in [0.717, 1.165) is 10.8 Å². The quantitative estimate of drug-likeness (QED) is 0.170. The molecule has 3 aromatic carbocycles. The third-order valence-corrected chi connectivity index (χ3v) is 8.18. The molecule has 0 aliphatic rings. The number of para-hydroxylation sites is 1. The fourth-order valence-electron chi connectivity index (χ4n) is 4.39. The van der Waals surface area contributed by atoms with Crippen molar-refractivity contribution in [3.8, 4) is 40.4 Å². The van der Waals surface area contributed by atoms with Gasteiger partial charge in [0.25, 0.3) is 10.0 Å². The number of ether oxygens (including phenoxy) is 3. The van der Waals surface area contributed by atoms with Crippen LogP contribution in [-0.2, 0) is 10.0 Å². The Bertz CT molecular complexity index is 2070. The number of aromatic nitrogens is 6. The zero-order valence-corrected chi connectivity index (χ0v) is 26.1. The fraction of sp³-hybridized carbons (Fsp3) is 0.0968. The summed E-state index contributed by atoms with van der Waals surface area (Å²) in [5.74, 6) is 0.642. The summed E-state index contributed by atoms with van der Waals surface area (Å²) in [4.78, 5) is 26.0. The molecule has 0 atom stereocenters. The maximum absolute atomic E-state index is 13.9. The van der Waals surface area contributed by atoms with Gasteiger partial charge in [-0.3, -0.25) is 4.72 Å². The van der Waals surface area contributed by atoms with E-state index in [9.17, 15) is 8.42 Å². The van der Waals surface area contributed by atoms with Crippen LogP contribution in [0.1, 0.15) is 0 Å². The van der Waals surface area contributed by atoms with E-state index in [1.54, 1.807) is 54.9 Å². The number of sulfonamides is 1. The molecule has 0 fully saturated rings. The lowest BCUT2D eigenvalue weighted by Gasteiger charge is -2.18. The van der Waals surface area contributed by atoms with Crippen molar-refractivity contribution in [1.29, 1.82) is 0 Å². The van der Waals surface area contributed by atoms with Crippen molar-refractivity contribution < 1.29 is 22.6 Å². The Morgan fingerprint density at radius 1 is 0.778 bits per heavy atom. The van der Waals surface area contributed by atoms with Gasteiger partial charge in [0.1, 0.15) is 19.0 Å². The molecule has 1 N–H and O–H groups in total. The lowest BCUT2D eigenvalue weighted by molar-refractivity contribution is 0.202. The van der Waals surface area contributed by atoms with Gasteiger partial charge in [0.15, 0.2) is 11.6 Å². The summed E-state index contributed by atoms with van der Waals surface area (Å²) in [5.41, 5.74) is 0.736. The van der Waals surface area contributed by atoms with Crippen molar-refractivity contribution in [3.63, 3.8) is 0 Å². The average Bonchev–Trinajstić information content (AvgIpc) is 3.07. The van der Waals surface area contributed by atoms with E-state index in [2.05, 4.69) is 50.6 Å². The molecule has 0 aliphatic carbocycles. The minimum Gasteiger partial charge on any atom is -0.496 e. The highest BCUT2D eigenvalue weighted by Crippen LogP contribution is 2.41. The highest BCUT2D eigenvalue weighted by molar-refractivity contribution is 9.10. The van der Waals surface area contributed by atoms with Gasteiger partial charge in [-0.1, -0.05) is 48.5 Å². The fourth-order valence-corrected chi connectivity index (χ4v) is 5.65. The molecule has 6 aromatic rings. The van der Waals surface area contributed by atoms with Crippen LogP contribution in [0.3, 0.4) is 0 Å². The second-order valence-electron chi connectivity index (χ2n) is 9.34. The van der Waals surface area contributed by atoms with E-state index in [-0.39, 0.29) is 53.0 Å². The number of anilines is 1. The summed E-state index contributed by atoms with van der Waals surface area (Å²) >= 11 is 3.29. The first-order valence-electron chi connectivity index (χ1n) is 13.5. The third kappa shape index (κ3) is 6.81. The maximum atomic E-state index is 13.9. The van der Waals surface area contributed by atoms with Gasteiger partial charge in [0.05, 0.1) is 22.0 Å². The Kier molecular flexibility index (Phi) is 8.75. The Hall–Kier alpha value is -5.21. The largest absolute Gasteiger partial charge is 0.496 e. The van der Waals surface area contributed by atoms with E-state index < -0.39 is 10.0 Å². The van der Waals surface area contributed by atoms with Crippen molar-refractivity contribution in [2.45, 2.75) is 4.90 Å². The summed E-state index contributed by atoms with van der Waals surface area (Å²) in [6.45, 7) is 0.0663. The predicted molar refractivity (Wildman–Crippen MR) is 171 cm³/mol. The van der Waals surface area contributed by atoms with Gasteiger partial charge in [-0.2, -0.15) is 4.98 Å². The average molecular weight is 687 g/mol. The molecule has 0 amide bonds. The van der Waals surface area contributed by atoms with Crippen LogP contribution in [0.2, 0.25) is 0 Å². The van der Waals surface area contributed by atoms with Gasteiger partial charge in [0, 0.05) is 30.4 Å². The van der Waals surface area contributed by atoms with Crippen LogP contribution in [0, 0.1) is 0 Å². The molecule has 0 bridgehead atoms. The van der Waals surface area contributed by atoms with Gasteiger partial charge < -0.3 is 14.2 Å². The van der Waals surface area contributed by atoms with Gasteiger partial charge in [0.2, 0.25) is 11.7 Å². The number of nitrogens with zero attached hydrogens (tertiary/aromatic N) is 6. The summed E-state index contributed by atoms with van der Waals surface area (Å²) in [6, 6.07) is 21.3. The van der Waals surface area contributed by atoms with E-state index >= 15 is 0 Å². The summed E-state index contributed by atoms with van der Waals surface area (Å²) < 4.78 is 48.5. The zero-order chi connectivity index (χ0) is 31.2. The second-order valence-corrected chi connectivity index (χ2v) is 11.9. The van der Waals surface area contributed by atoms with Crippen LogP contribution >= 0.6 is 15.9 Å². The summed E-state index contributed by atoms with van der Waals surface area (Å²) in [5, 5.41) is 1.67. The number of methoxy groups -OCH3 is 1. The highest BCUT2D eigenvalue weighted by atomic mass is 79.9. The SMILES string of the molecule is COc1ccccc1-c1c(NS(=O)(=O)c2ccc3ccccc3c2)nc(-c2ncccn2)nc1OCCOc1ncc(Br)cn1. The van der Waals surface area contributed by atoms with Gasteiger partial charge in [-0.25, -0.2) is 33.3 Å². The summed E-state index contributed by atoms with van der Waals surface area (Å²) in [7, 11) is -2.65. The Morgan fingerprint density at radius 2 is 1.49 bits per heavy atom. The van der Waals surface area contributed by atoms with Crippen molar-refractivity contribution in [2.75, 3.05) is 25.0 Å². The van der Waals surface area contributed by atoms with Crippen molar-refractivity contribution in [2.24, 2.45) is 0 Å². The highest BCUT2D eigenvalue weighted by Gasteiger charge is 2.26. The number of nitrogens with one attached hydrogen (secondary N) is 1.